The summed E-state index contributed by atoms with van der Waals surface area (Å²) >= 11 is 1.61. The van der Waals surface area contributed by atoms with Gasteiger partial charge in [-0.05, 0) is 50.3 Å². The molecule has 3 N–H and O–H groups in total. The molecule has 0 saturated carbocycles. The van der Waals surface area contributed by atoms with Gasteiger partial charge in [-0.15, -0.1) is 11.3 Å². The number of nitrogens with one attached hydrogen (secondary N) is 3. The lowest BCUT2D eigenvalue weighted by atomic mass is 9.85. The molecule has 1 fully saturated rings. The highest BCUT2D eigenvalue weighted by Crippen LogP contribution is 2.29. The van der Waals surface area contributed by atoms with Crippen LogP contribution in [-0.4, -0.2) is 59.8 Å². The standard InChI is InChI=1S/C26H37N5O3S/c1-16(18-9-11-19(12-10-18)22-17(2)28-15-35-22)29-24(33)20-8-7-13-31(20)25(34)23(26(3,4)5)30-21(32)14-27-6/h9-12,15-16,20,23,27H,7-8,13-14H2,1-6H3,(H,29,33)(H,30,32)/t16-,20?,23+/m0/s1. The van der Waals surface area contributed by atoms with Crippen LogP contribution in [0.15, 0.2) is 29.8 Å². The number of aryl methyl sites for hydroxylation is 1. The number of carbonyl (C=O) groups excluding carboxylic acids is 3. The first-order valence-corrected chi connectivity index (χ1v) is 13.0. The Morgan fingerprint density at radius 2 is 1.86 bits per heavy atom. The highest BCUT2D eigenvalue weighted by molar-refractivity contribution is 7.13. The van der Waals surface area contributed by atoms with Crippen molar-refractivity contribution < 1.29 is 14.4 Å². The Kier molecular flexibility index (Phi) is 8.66. The van der Waals surface area contributed by atoms with Crippen LogP contribution in [0.1, 0.15) is 57.8 Å². The van der Waals surface area contributed by atoms with Crippen LogP contribution >= 0.6 is 11.3 Å². The predicted octanol–water partition coefficient (Wildman–Crippen LogP) is 3.04. The van der Waals surface area contributed by atoms with Gasteiger partial charge in [0.25, 0.3) is 0 Å². The molecule has 1 aliphatic rings. The summed E-state index contributed by atoms with van der Waals surface area (Å²) in [7, 11) is 1.68. The van der Waals surface area contributed by atoms with Gasteiger partial charge in [0.05, 0.1) is 28.7 Å². The van der Waals surface area contributed by atoms with Crippen molar-refractivity contribution >= 4 is 29.1 Å². The lowest BCUT2D eigenvalue weighted by molar-refractivity contribution is -0.144. The highest BCUT2D eigenvalue weighted by Gasteiger charge is 2.42. The summed E-state index contributed by atoms with van der Waals surface area (Å²) in [6.45, 7) is 10.3. The van der Waals surface area contributed by atoms with E-state index < -0.39 is 17.5 Å². The van der Waals surface area contributed by atoms with E-state index in [0.717, 1.165) is 28.1 Å². The minimum Gasteiger partial charge on any atom is -0.348 e. The topological polar surface area (TPSA) is 103 Å². The largest absolute Gasteiger partial charge is 0.348 e. The van der Waals surface area contributed by atoms with Gasteiger partial charge in [-0.2, -0.15) is 0 Å². The van der Waals surface area contributed by atoms with Gasteiger partial charge in [-0.25, -0.2) is 4.98 Å². The van der Waals surface area contributed by atoms with E-state index in [0.29, 0.717) is 13.0 Å². The molecule has 8 nitrogen and oxygen atoms in total. The van der Waals surface area contributed by atoms with Crippen molar-refractivity contribution in [3.63, 3.8) is 0 Å². The molecule has 1 aromatic heterocycles. The highest BCUT2D eigenvalue weighted by atomic mass is 32.1. The minimum absolute atomic E-state index is 0.128. The van der Waals surface area contributed by atoms with Crippen molar-refractivity contribution in [1.29, 1.82) is 0 Å². The average Bonchev–Trinajstić information content (AvgIpc) is 3.46. The number of benzene rings is 1. The molecule has 190 valence electrons. The third kappa shape index (κ3) is 6.46. The van der Waals surface area contributed by atoms with Crippen LogP contribution in [0, 0.1) is 12.3 Å². The van der Waals surface area contributed by atoms with E-state index in [1.54, 1.807) is 23.3 Å². The fourth-order valence-electron chi connectivity index (χ4n) is 4.39. The van der Waals surface area contributed by atoms with Gasteiger partial charge in [0.1, 0.15) is 12.1 Å². The first-order valence-electron chi connectivity index (χ1n) is 12.1. The Morgan fingerprint density at radius 1 is 1.17 bits per heavy atom. The van der Waals surface area contributed by atoms with Crippen LogP contribution in [0.4, 0.5) is 0 Å². The SMILES string of the molecule is CNCC(=O)N[C@H](C(=O)N1CCCC1C(=O)N[C@@H](C)c1ccc(-c2scnc2C)cc1)C(C)(C)C. The summed E-state index contributed by atoms with van der Waals surface area (Å²) in [5.41, 5.74) is 4.45. The van der Waals surface area contributed by atoms with Gasteiger partial charge < -0.3 is 20.9 Å². The molecule has 0 aliphatic carbocycles. The second-order valence-electron chi connectivity index (χ2n) is 10.2. The minimum atomic E-state index is -0.711. The molecule has 1 saturated heterocycles. The molecular formula is C26H37N5O3S. The number of rotatable bonds is 8. The molecule has 2 heterocycles. The van der Waals surface area contributed by atoms with Crippen molar-refractivity contribution in [1.82, 2.24) is 25.8 Å². The van der Waals surface area contributed by atoms with Gasteiger partial charge in [0.15, 0.2) is 0 Å². The van der Waals surface area contributed by atoms with Crippen molar-refractivity contribution in [2.24, 2.45) is 5.41 Å². The average molecular weight is 500 g/mol. The van der Waals surface area contributed by atoms with Gasteiger partial charge in [-0.3, -0.25) is 14.4 Å². The molecule has 35 heavy (non-hydrogen) atoms. The first kappa shape index (κ1) is 26.8. The normalized spacial score (nSPS) is 17.7. The number of likely N-dealkylation sites (tertiary alicyclic amines) is 1. The molecule has 3 amide bonds. The van der Waals surface area contributed by atoms with Crippen LogP contribution in [0.3, 0.4) is 0 Å². The monoisotopic (exact) mass is 499 g/mol. The molecule has 0 bridgehead atoms. The van der Waals surface area contributed by atoms with Gasteiger partial charge in [0, 0.05) is 6.54 Å². The summed E-state index contributed by atoms with van der Waals surface area (Å²) in [6, 6.07) is 6.67. The Bertz CT molecular complexity index is 1040. The Morgan fingerprint density at radius 3 is 2.43 bits per heavy atom. The number of aromatic nitrogens is 1. The number of amides is 3. The molecule has 1 unspecified atom stereocenters. The fraction of sp³-hybridized carbons (Fsp3) is 0.538. The number of carbonyl (C=O) groups is 3. The summed E-state index contributed by atoms with van der Waals surface area (Å²) in [6.07, 6.45) is 1.36. The van der Waals surface area contributed by atoms with Crippen molar-refractivity contribution in [3.05, 3.63) is 41.0 Å². The summed E-state index contributed by atoms with van der Waals surface area (Å²) in [4.78, 5) is 46.0. The summed E-state index contributed by atoms with van der Waals surface area (Å²) in [5, 5.41) is 8.75. The summed E-state index contributed by atoms with van der Waals surface area (Å²) < 4.78 is 0. The molecule has 0 radical (unpaired) electrons. The van der Waals surface area contributed by atoms with Crippen molar-refractivity contribution in [2.45, 2.75) is 65.6 Å². The number of likely N-dealkylation sites (N-methyl/N-ethyl adjacent to an activating group) is 1. The third-order valence-electron chi connectivity index (χ3n) is 6.37. The molecular weight excluding hydrogens is 462 g/mol. The van der Waals surface area contributed by atoms with Crippen molar-refractivity contribution in [3.8, 4) is 10.4 Å². The predicted molar refractivity (Wildman–Crippen MR) is 139 cm³/mol. The molecule has 0 spiro atoms. The second-order valence-corrected chi connectivity index (χ2v) is 11.1. The molecule has 2 aromatic rings. The van der Waals surface area contributed by atoms with Gasteiger partial charge in [0.2, 0.25) is 17.7 Å². The maximum Gasteiger partial charge on any atom is 0.246 e. The second kappa shape index (κ2) is 11.3. The van der Waals surface area contributed by atoms with Crippen LogP contribution in [-0.2, 0) is 14.4 Å². The molecule has 3 rings (SSSR count). The van der Waals surface area contributed by atoms with Crippen LogP contribution in [0.25, 0.3) is 10.4 Å². The Balaban J connectivity index is 1.68. The zero-order chi connectivity index (χ0) is 25.8. The van der Waals surface area contributed by atoms with E-state index in [4.69, 9.17) is 0 Å². The van der Waals surface area contributed by atoms with E-state index in [-0.39, 0.29) is 30.3 Å². The van der Waals surface area contributed by atoms with Gasteiger partial charge >= 0.3 is 0 Å². The van der Waals surface area contributed by atoms with Gasteiger partial charge in [-0.1, -0.05) is 45.0 Å². The third-order valence-corrected chi connectivity index (χ3v) is 7.35. The van der Waals surface area contributed by atoms with E-state index >= 15 is 0 Å². The zero-order valence-electron chi connectivity index (χ0n) is 21.5. The maximum atomic E-state index is 13.5. The van der Waals surface area contributed by atoms with E-state index in [2.05, 4.69) is 20.9 Å². The molecule has 3 atom stereocenters. The number of hydrogen-bond acceptors (Lipinski definition) is 6. The Hall–Kier alpha value is -2.78. The van der Waals surface area contributed by atoms with Crippen LogP contribution in [0.5, 0.6) is 0 Å². The number of thiazole rings is 1. The molecule has 1 aromatic carbocycles. The van der Waals surface area contributed by atoms with E-state index in [1.807, 2.05) is 64.4 Å². The quantitative estimate of drug-likeness (QED) is 0.518. The molecule has 9 heteroatoms. The maximum absolute atomic E-state index is 13.5. The molecule has 1 aliphatic heterocycles. The van der Waals surface area contributed by atoms with Crippen molar-refractivity contribution in [2.75, 3.05) is 20.1 Å². The van der Waals surface area contributed by atoms with E-state index in [9.17, 15) is 14.4 Å². The smallest absolute Gasteiger partial charge is 0.246 e. The fourth-order valence-corrected chi connectivity index (χ4v) is 5.20. The Labute approximate surface area is 211 Å². The lowest BCUT2D eigenvalue weighted by Gasteiger charge is -2.35. The zero-order valence-corrected chi connectivity index (χ0v) is 22.3. The van der Waals surface area contributed by atoms with Crippen LogP contribution in [0.2, 0.25) is 0 Å². The number of nitrogens with zero attached hydrogens (tertiary/aromatic N) is 2. The van der Waals surface area contributed by atoms with Crippen LogP contribution < -0.4 is 16.0 Å². The number of hydrogen-bond donors (Lipinski definition) is 3. The first-order chi connectivity index (χ1) is 16.5. The van der Waals surface area contributed by atoms with E-state index in [1.165, 1.54) is 0 Å². The lowest BCUT2D eigenvalue weighted by Crippen LogP contribution is -2.58. The summed E-state index contributed by atoms with van der Waals surface area (Å²) in [5.74, 6) is -0.622.